The maximum Gasteiger partial charge on any atom is 0.231 e. The number of aryl methyl sites for hydroxylation is 1. The fourth-order valence-electron chi connectivity index (χ4n) is 2.09. The SMILES string of the molecule is CCCc1ccc(Sc2ccc3c(c2)OCO3)cc1.I. The predicted octanol–water partition coefficient (Wildman–Crippen LogP) is 5.14. The van der Waals surface area contributed by atoms with Gasteiger partial charge in [0.1, 0.15) is 0 Å². The van der Waals surface area contributed by atoms with Crippen molar-refractivity contribution >= 4 is 35.7 Å². The smallest absolute Gasteiger partial charge is 0.231 e. The molecule has 2 nitrogen and oxygen atoms in total. The van der Waals surface area contributed by atoms with Gasteiger partial charge in [0.2, 0.25) is 6.79 Å². The molecule has 0 N–H and O–H groups in total. The van der Waals surface area contributed by atoms with Crippen LogP contribution in [0.4, 0.5) is 0 Å². The van der Waals surface area contributed by atoms with Crippen LogP contribution in [0.25, 0.3) is 0 Å². The first-order valence-electron chi connectivity index (χ1n) is 6.51. The minimum absolute atomic E-state index is 0. The van der Waals surface area contributed by atoms with Gasteiger partial charge in [-0.25, -0.2) is 0 Å². The quantitative estimate of drug-likeness (QED) is 0.663. The lowest BCUT2D eigenvalue weighted by molar-refractivity contribution is 0.174. The molecule has 0 aromatic heterocycles. The van der Waals surface area contributed by atoms with Gasteiger partial charge >= 0.3 is 0 Å². The molecule has 0 saturated heterocycles. The average Bonchev–Trinajstić information content (AvgIpc) is 2.89. The van der Waals surface area contributed by atoms with Gasteiger partial charge in [-0.1, -0.05) is 37.2 Å². The van der Waals surface area contributed by atoms with Crippen LogP contribution in [0.1, 0.15) is 18.9 Å². The molecule has 0 saturated carbocycles. The number of fused-ring (bicyclic) bond motifs is 1. The second-order valence-electron chi connectivity index (χ2n) is 4.51. The first-order valence-corrected chi connectivity index (χ1v) is 7.33. The van der Waals surface area contributed by atoms with Crippen molar-refractivity contribution in [1.29, 1.82) is 0 Å². The van der Waals surface area contributed by atoms with E-state index < -0.39 is 0 Å². The van der Waals surface area contributed by atoms with Crippen LogP contribution in [0, 0.1) is 0 Å². The zero-order valence-corrected chi connectivity index (χ0v) is 14.4. The van der Waals surface area contributed by atoms with E-state index in [1.807, 2.05) is 12.1 Å². The number of rotatable bonds is 4. The summed E-state index contributed by atoms with van der Waals surface area (Å²) < 4.78 is 10.7. The lowest BCUT2D eigenvalue weighted by Gasteiger charge is -2.04. The Hall–Kier alpha value is -0.880. The second-order valence-corrected chi connectivity index (χ2v) is 5.66. The Kier molecular flexibility index (Phi) is 5.60. The molecule has 4 heteroatoms. The third-order valence-electron chi connectivity index (χ3n) is 3.04. The van der Waals surface area contributed by atoms with E-state index in [-0.39, 0.29) is 24.0 Å². The van der Waals surface area contributed by atoms with Gasteiger partial charge in [0.05, 0.1) is 0 Å². The molecule has 0 spiro atoms. The Balaban J connectivity index is 0.00000147. The Morgan fingerprint density at radius 2 is 1.65 bits per heavy atom. The highest BCUT2D eigenvalue weighted by Crippen LogP contribution is 2.37. The summed E-state index contributed by atoms with van der Waals surface area (Å²) in [6.45, 7) is 2.53. The van der Waals surface area contributed by atoms with Crippen LogP contribution in [0.15, 0.2) is 52.3 Å². The fourth-order valence-corrected chi connectivity index (χ4v) is 2.94. The third-order valence-corrected chi connectivity index (χ3v) is 4.04. The van der Waals surface area contributed by atoms with Gasteiger partial charge in [0.25, 0.3) is 0 Å². The molecule has 0 amide bonds. The summed E-state index contributed by atoms with van der Waals surface area (Å²) >= 11 is 1.74. The summed E-state index contributed by atoms with van der Waals surface area (Å²) in [6.07, 6.45) is 2.34. The standard InChI is InChI=1S/C16H16O2S.HI/c1-2-3-12-4-6-13(7-5-12)19-14-8-9-15-16(10-14)18-11-17-15;/h4-10H,2-3,11H2,1H3;1H. The van der Waals surface area contributed by atoms with Gasteiger partial charge in [-0.2, -0.15) is 0 Å². The van der Waals surface area contributed by atoms with Gasteiger partial charge in [-0.05, 0) is 42.3 Å². The van der Waals surface area contributed by atoms with E-state index in [1.54, 1.807) is 11.8 Å². The molecule has 1 aliphatic heterocycles. The van der Waals surface area contributed by atoms with Gasteiger partial charge < -0.3 is 9.47 Å². The summed E-state index contributed by atoms with van der Waals surface area (Å²) in [5.74, 6) is 1.68. The number of hydrogen-bond donors (Lipinski definition) is 0. The van der Waals surface area contributed by atoms with Crippen molar-refractivity contribution in [3.05, 3.63) is 48.0 Å². The van der Waals surface area contributed by atoms with Crippen LogP contribution in [0.5, 0.6) is 11.5 Å². The van der Waals surface area contributed by atoms with Crippen LogP contribution in [-0.4, -0.2) is 6.79 Å². The topological polar surface area (TPSA) is 18.5 Å². The van der Waals surface area contributed by atoms with Crippen molar-refractivity contribution in [3.8, 4) is 11.5 Å². The minimum atomic E-state index is 0. The maximum absolute atomic E-state index is 5.39. The molecule has 3 rings (SSSR count). The Bertz CT molecular complexity index is 569. The van der Waals surface area contributed by atoms with Gasteiger partial charge in [0.15, 0.2) is 11.5 Å². The lowest BCUT2D eigenvalue weighted by atomic mass is 10.1. The minimum Gasteiger partial charge on any atom is -0.454 e. The van der Waals surface area contributed by atoms with Gasteiger partial charge in [-0.3, -0.25) is 0 Å². The van der Waals surface area contributed by atoms with Crippen molar-refractivity contribution in [2.45, 2.75) is 29.6 Å². The molecule has 0 aliphatic carbocycles. The van der Waals surface area contributed by atoms with E-state index in [9.17, 15) is 0 Å². The molecule has 0 unspecified atom stereocenters. The summed E-state index contributed by atoms with van der Waals surface area (Å²) in [5, 5.41) is 0. The van der Waals surface area contributed by atoms with E-state index in [2.05, 4.69) is 37.3 Å². The van der Waals surface area contributed by atoms with E-state index in [1.165, 1.54) is 21.8 Å². The van der Waals surface area contributed by atoms with Crippen molar-refractivity contribution in [2.24, 2.45) is 0 Å². The van der Waals surface area contributed by atoms with E-state index >= 15 is 0 Å². The third kappa shape index (κ3) is 3.61. The number of ether oxygens (including phenoxy) is 2. The van der Waals surface area contributed by atoms with Crippen molar-refractivity contribution < 1.29 is 9.47 Å². The maximum atomic E-state index is 5.39. The molecular formula is C16H17IO2S. The average molecular weight is 400 g/mol. The molecule has 2 aromatic rings. The first-order chi connectivity index (χ1) is 9.35. The Morgan fingerprint density at radius 3 is 2.40 bits per heavy atom. The molecular weight excluding hydrogens is 383 g/mol. The summed E-state index contributed by atoms with van der Waals surface area (Å²) in [5.41, 5.74) is 1.40. The van der Waals surface area contributed by atoms with Gasteiger partial charge in [-0.15, -0.1) is 24.0 Å². The highest BCUT2D eigenvalue weighted by atomic mass is 127. The first kappa shape index (κ1) is 15.5. The Morgan fingerprint density at radius 1 is 0.950 bits per heavy atom. The number of halogens is 1. The van der Waals surface area contributed by atoms with E-state index in [0.717, 1.165) is 17.9 Å². The molecule has 1 aliphatic rings. The highest BCUT2D eigenvalue weighted by Gasteiger charge is 2.13. The summed E-state index contributed by atoms with van der Waals surface area (Å²) in [7, 11) is 0. The Labute approximate surface area is 140 Å². The zero-order chi connectivity index (χ0) is 13.1. The predicted molar refractivity (Wildman–Crippen MR) is 92.5 cm³/mol. The molecule has 106 valence electrons. The molecule has 0 bridgehead atoms. The monoisotopic (exact) mass is 400 g/mol. The van der Waals surface area contributed by atoms with Gasteiger partial charge in [0, 0.05) is 9.79 Å². The van der Waals surface area contributed by atoms with Crippen LogP contribution < -0.4 is 9.47 Å². The number of hydrogen-bond acceptors (Lipinski definition) is 3. The van der Waals surface area contributed by atoms with Crippen molar-refractivity contribution in [3.63, 3.8) is 0 Å². The molecule has 1 heterocycles. The molecule has 0 radical (unpaired) electrons. The fraction of sp³-hybridized carbons (Fsp3) is 0.250. The lowest BCUT2D eigenvalue weighted by Crippen LogP contribution is -1.92. The molecule has 2 aromatic carbocycles. The molecule has 0 atom stereocenters. The second kappa shape index (κ2) is 7.22. The zero-order valence-electron chi connectivity index (χ0n) is 11.3. The highest BCUT2D eigenvalue weighted by molar-refractivity contribution is 14.0. The summed E-state index contributed by atoms with van der Waals surface area (Å²) in [4.78, 5) is 2.42. The van der Waals surface area contributed by atoms with E-state index in [0.29, 0.717) is 6.79 Å². The van der Waals surface area contributed by atoms with Crippen molar-refractivity contribution in [1.82, 2.24) is 0 Å². The van der Waals surface area contributed by atoms with Crippen molar-refractivity contribution in [2.75, 3.05) is 6.79 Å². The molecule has 0 fully saturated rings. The largest absolute Gasteiger partial charge is 0.454 e. The van der Waals surface area contributed by atoms with Crippen LogP contribution in [-0.2, 0) is 6.42 Å². The van der Waals surface area contributed by atoms with Crippen LogP contribution in [0.3, 0.4) is 0 Å². The van der Waals surface area contributed by atoms with Crippen LogP contribution >= 0.6 is 35.7 Å². The van der Waals surface area contributed by atoms with Crippen LogP contribution in [0.2, 0.25) is 0 Å². The number of benzene rings is 2. The van der Waals surface area contributed by atoms with E-state index in [4.69, 9.17) is 9.47 Å². The molecule has 20 heavy (non-hydrogen) atoms. The summed E-state index contributed by atoms with van der Waals surface area (Å²) in [6, 6.07) is 14.8. The normalized spacial score (nSPS) is 12.1.